The summed E-state index contributed by atoms with van der Waals surface area (Å²) < 4.78 is 29.5. The summed E-state index contributed by atoms with van der Waals surface area (Å²) in [6.45, 7) is 7.59. The molecule has 2 amide bonds. The summed E-state index contributed by atoms with van der Waals surface area (Å²) >= 11 is 9.44. The van der Waals surface area contributed by atoms with Gasteiger partial charge in [-0.1, -0.05) is 71.2 Å². The summed E-state index contributed by atoms with van der Waals surface area (Å²) in [7, 11) is -4.14. The van der Waals surface area contributed by atoms with Crippen molar-refractivity contribution in [2.75, 3.05) is 17.4 Å². The van der Waals surface area contributed by atoms with E-state index in [1.807, 2.05) is 45.0 Å². The highest BCUT2D eigenvalue weighted by molar-refractivity contribution is 9.10. The molecule has 0 unspecified atom stereocenters. The van der Waals surface area contributed by atoms with Crippen LogP contribution in [0.5, 0.6) is 0 Å². The molecular weight excluding hydrogens is 602 g/mol. The molecule has 0 saturated carbocycles. The van der Waals surface area contributed by atoms with Crippen LogP contribution in [0.3, 0.4) is 0 Å². The van der Waals surface area contributed by atoms with Crippen molar-refractivity contribution in [2.45, 2.75) is 45.2 Å². The van der Waals surface area contributed by atoms with Gasteiger partial charge in [0.1, 0.15) is 12.6 Å². The SMILES string of the molecule is Cc1ccc(N(CC(=O)N(Cc2cccc(Br)c2)[C@@H](C)C(=O)NCC(C)C)S(=O)(=O)c2ccc(Cl)cc2)cc1. The van der Waals surface area contributed by atoms with E-state index in [9.17, 15) is 18.0 Å². The van der Waals surface area contributed by atoms with Gasteiger partial charge in [0, 0.05) is 22.6 Å². The van der Waals surface area contributed by atoms with Gasteiger partial charge in [-0.25, -0.2) is 8.42 Å². The van der Waals surface area contributed by atoms with E-state index in [2.05, 4.69) is 21.2 Å². The number of carbonyl (C=O) groups excluding carboxylic acids is 2. The molecule has 7 nitrogen and oxygen atoms in total. The average molecular weight is 635 g/mol. The molecule has 208 valence electrons. The van der Waals surface area contributed by atoms with E-state index >= 15 is 0 Å². The van der Waals surface area contributed by atoms with Crippen molar-refractivity contribution in [3.05, 3.63) is 93.4 Å². The molecule has 0 spiro atoms. The molecule has 0 radical (unpaired) electrons. The van der Waals surface area contributed by atoms with Crippen LogP contribution in [0.15, 0.2) is 82.2 Å². The highest BCUT2D eigenvalue weighted by atomic mass is 79.9. The van der Waals surface area contributed by atoms with Gasteiger partial charge in [0.25, 0.3) is 10.0 Å². The first-order valence-corrected chi connectivity index (χ1v) is 15.2. The maximum atomic E-state index is 13.9. The molecule has 0 heterocycles. The molecule has 3 aromatic carbocycles. The molecule has 0 fully saturated rings. The van der Waals surface area contributed by atoms with Crippen molar-refractivity contribution >= 4 is 55.1 Å². The first-order valence-electron chi connectivity index (χ1n) is 12.5. The summed E-state index contributed by atoms with van der Waals surface area (Å²) in [5.41, 5.74) is 2.08. The Hall–Kier alpha value is -2.88. The average Bonchev–Trinajstić information content (AvgIpc) is 2.89. The summed E-state index contributed by atoms with van der Waals surface area (Å²) in [6.07, 6.45) is 0. The lowest BCUT2D eigenvalue weighted by Gasteiger charge is -2.32. The number of nitrogens with one attached hydrogen (secondary N) is 1. The van der Waals surface area contributed by atoms with Gasteiger partial charge in [0.15, 0.2) is 0 Å². The van der Waals surface area contributed by atoms with Gasteiger partial charge in [-0.05, 0) is 73.9 Å². The lowest BCUT2D eigenvalue weighted by molar-refractivity contribution is -0.139. The van der Waals surface area contributed by atoms with Crippen LogP contribution in [-0.2, 0) is 26.2 Å². The van der Waals surface area contributed by atoms with Gasteiger partial charge < -0.3 is 10.2 Å². The van der Waals surface area contributed by atoms with E-state index in [0.717, 1.165) is 19.9 Å². The lowest BCUT2D eigenvalue weighted by atomic mass is 10.1. The standard InChI is InChI=1S/C29H33BrClN3O4S/c1-20(2)17-32-29(36)22(4)33(18-23-6-5-7-24(30)16-23)28(35)19-34(26-12-8-21(3)9-13-26)39(37,38)27-14-10-25(31)11-15-27/h5-16,20,22H,17-19H2,1-4H3,(H,32,36)/t22-/m0/s1. The molecule has 0 aliphatic heterocycles. The fourth-order valence-electron chi connectivity index (χ4n) is 3.84. The number of hydrogen-bond acceptors (Lipinski definition) is 4. The zero-order valence-electron chi connectivity index (χ0n) is 22.4. The molecular formula is C29H33BrClN3O4S. The molecule has 0 aliphatic carbocycles. The van der Waals surface area contributed by atoms with Gasteiger partial charge in [0.05, 0.1) is 10.6 Å². The second-order valence-electron chi connectivity index (χ2n) is 9.77. The molecule has 0 saturated heterocycles. The molecule has 1 atom stereocenters. The van der Waals surface area contributed by atoms with Crippen LogP contribution < -0.4 is 9.62 Å². The Bertz CT molecular complexity index is 1400. The minimum atomic E-state index is -4.14. The molecule has 1 N–H and O–H groups in total. The van der Waals surface area contributed by atoms with E-state index in [1.165, 1.54) is 29.2 Å². The van der Waals surface area contributed by atoms with E-state index < -0.39 is 28.5 Å². The van der Waals surface area contributed by atoms with Crippen LogP contribution in [0, 0.1) is 12.8 Å². The number of amides is 2. The number of sulfonamides is 1. The van der Waals surface area contributed by atoms with Crippen molar-refractivity contribution in [3.8, 4) is 0 Å². The van der Waals surface area contributed by atoms with Crippen molar-refractivity contribution in [1.82, 2.24) is 10.2 Å². The predicted molar refractivity (Wildman–Crippen MR) is 159 cm³/mol. The van der Waals surface area contributed by atoms with Crippen LogP contribution in [-0.4, -0.2) is 44.3 Å². The van der Waals surface area contributed by atoms with Crippen molar-refractivity contribution in [3.63, 3.8) is 0 Å². The number of nitrogens with zero attached hydrogens (tertiary/aromatic N) is 2. The third-order valence-corrected chi connectivity index (χ3v) is 8.63. The highest BCUT2D eigenvalue weighted by Gasteiger charge is 2.32. The van der Waals surface area contributed by atoms with E-state index in [0.29, 0.717) is 17.3 Å². The zero-order valence-corrected chi connectivity index (χ0v) is 25.6. The van der Waals surface area contributed by atoms with Crippen LogP contribution in [0.2, 0.25) is 5.02 Å². The fraction of sp³-hybridized carbons (Fsp3) is 0.310. The second-order valence-corrected chi connectivity index (χ2v) is 13.0. The second kappa shape index (κ2) is 13.5. The lowest BCUT2D eigenvalue weighted by Crippen LogP contribution is -2.51. The van der Waals surface area contributed by atoms with Crippen LogP contribution in [0.25, 0.3) is 0 Å². The Balaban J connectivity index is 2.01. The minimum Gasteiger partial charge on any atom is -0.354 e. The molecule has 10 heteroatoms. The number of benzene rings is 3. The van der Waals surface area contributed by atoms with Gasteiger partial charge in [-0.15, -0.1) is 0 Å². The van der Waals surface area contributed by atoms with Gasteiger partial charge in [0.2, 0.25) is 11.8 Å². The smallest absolute Gasteiger partial charge is 0.264 e. The molecule has 0 bridgehead atoms. The maximum absolute atomic E-state index is 13.9. The third-order valence-electron chi connectivity index (χ3n) is 6.10. The first kappa shape index (κ1) is 30.7. The van der Waals surface area contributed by atoms with E-state index in [1.54, 1.807) is 31.2 Å². The van der Waals surface area contributed by atoms with Gasteiger partial charge in [-0.3, -0.25) is 13.9 Å². The van der Waals surface area contributed by atoms with Gasteiger partial charge in [-0.2, -0.15) is 0 Å². The third kappa shape index (κ3) is 8.30. The zero-order chi connectivity index (χ0) is 28.7. The number of hydrogen-bond donors (Lipinski definition) is 1. The van der Waals surface area contributed by atoms with Crippen LogP contribution >= 0.6 is 27.5 Å². The van der Waals surface area contributed by atoms with Crippen molar-refractivity contribution < 1.29 is 18.0 Å². The summed E-state index contributed by atoms with van der Waals surface area (Å²) in [5, 5.41) is 3.28. The number of halogens is 2. The molecule has 0 aliphatic rings. The molecule has 39 heavy (non-hydrogen) atoms. The Morgan fingerprint density at radius 2 is 1.62 bits per heavy atom. The topological polar surface area (TPSA) is 86.8 Å². The predicted octanol–water partition coefficient (Wildman–Crippen LogP) is 5.80. The first-order chi connectivity index (χ1) is 18.4. The Morgan fingerprint density at radius 3 is 2.21 bits per heavy atom. The Kier molecular flexibility index (Phi) is 10.6. The van der Waals surface area contributed by atoms with Crippen molar-refractivity contribution in [2.24, 2.45) is 5.92 Å². The summed E-state index contributed by atoms with van der Waals surface area (Å²) in [4.78, 5) is 28.4. The number of aryl methyl sites for hydroxylation is 1. The maximum Gasteiger partial charge on any atom is 0.264 e. The summed E-state index contributed by atoms with van der Waals surface area (Å²) in [6, 6.07) is 19.3. The van der Waals surface area contributed by atoms with Gasteiger partial charge >= 0.3 is 0 Å². The Labute approximate surface area is 244 Å². The van der Waals surface area contributed by atoms with Crippen molar-refractivity contribution in [1.29, 1.82) is 0 Å². The monoisotopic (exact) mass is 633 g/mol. The van der Waals surface area contributed by atoms with E-state index in [-0.39, 0.29) is 23.3 Å². The number of rotatable bonds is 11. The Morgan fingerprint density at radius 1 is 0.974 bits per heavy atom. The number of carbonyl (C=O) groups is 2. The quantitative estimate of drug-likeness (QED) is 0.289. The number of anilines is 1. The molecule has 3 rings (SSSR count). The molecule has 0 aromatic heterocycles. The fourth-order valence-corrected chi connectivity index (χ4v) is 5.83. The largest absolute Gasteiger partial charge is 0.354 e. The minimum absolute atomic E-state index is 0.00143. The van der Waals surface area contributed by atoms with Crippen LogP contribution in [0.4, 0.5) is 5.69 Å². The normalized spacial score (nSPS) is 12.2. The van der Waals surface area contributed by atoms with E-state index in [4.69, 9.17) is 11.6 Å². The van der Waals surface area contributed by atoms with Crippen LogP contribution in [0.1, 0.15) is 31.9 Å². The highest BCUT2D eigenvalue weighted by Crippen LogP contribution is 2.26. The molecule has 3 aromatic rings. The summed E-state index contributed by atoms with van der Waals surface area (Å²) in [5.74, 6) is -0.591.